The highest BCUT2D eigenvalue weighted by molar-refractivity contribution is 7.92. The van der Waals surface area contributed by atoms with E-state index in [1.54, 1.807) is 37.4 Å². The maximum atomic E-state index is 13.5. The number of hydrogen-bond acceptors (Lipinski definition) is 4. The van der Waals surface area contributed by atoms with Crippen LogP contribution in [0.25, 0.3) is 0 Å². The molecule has 3 aromatic carbocycles. The molecule has 0 aliphatic carbocycles. The molecule has 3 aromatic rings. The van der Waals surface area contributed by atoms with Crippen molar-refractivity contribution in [3.8, 4) is 5.75 Å². The SMILES string of the molecule is COc1ccccc1C(C)NC(=O)CN(c1cccc(C)c1C)S(=O)(=O)c1ccccc1. The number of nitrogens with zero attached hydrogens (tertiary/aromatic N) is 1. The van der Waals surface area contributed by atoms with E-state index in [2.05, 4.69) is 5.32 Å². The Bertz CT molecular complexity index is 1190. The van der Waals surface area contributed by atoms with Crippen LogP contribution in [-0.4, -0.2) is 28.0 Å². The summed E-state index contributed by atoms with van der Waals surface area (Å²) < 4.78 is 33.6. The number of anilines is 1. The molecule has 0 saturated carbocycles. The number of methoxy groups -OCH3 is 1. The van der Waals surface area contributed by atoms with E-state index in [4.69, 9.17) is 4.74 Å². The lowest BCUT2D eigenvalue weighted by Gasteiger charge is -2.27. The number of sulfonamides is 1. The Labute approximate surface area is 189 Å². The second-order valence-corrected chi connectivity index (χ2v) is 9.44. The molecule has 0 aromatic heterocycles. The van der Waals surface area contributed by atoms with Crippen molar-refractivity contribution in [2.45, 2.75) is 31.7 Å². The normalized spacial score (nSPS) is 12.1. The lowest BCUT2D eigenvalue weighted by molar-refractivity contribution is -0.120. The first-order chi connectivity index (χ1) is 15.3. The molecule has 168 valence electrons. The van der Waals surface area contributed by atoms with Crippen LogP contribution in [0.2, 0.25) is 0 Å². The maximum Gasteiger partial charge on any atom is 0.264 e. The molecule has 0 saturated heterocycles. The molecule has 1 amide bonds. The van der Waals surface area contributed by atoms with Crippen LogP contribution < -0.4 is 14.4 Å². The summed E-state index contributed by atoms with van der Waals surface area (Å²) in [5.74, 6) is 0.243. The first-order valence-corrected chi connectivity index (χ1v) is 11.8. The number of para-hydroxylation sites is 1. The number of ether oxygens (including phenoxy) is 1. The summed E-state index contributed by atoms with van der Waals surface area (Å²) in [4.78, 5) is 13.2. The third-order valence-electron chi connectivity index (χ3n) is 5.45. The predicted molar refractivity (Wildman–Crippen MR) is 126 cm³/mol. The Morgan fingerprint density at radius 1 is 0.969 bits per heavy atom. The Morgan fingerprint density at radius 2 is 1.62 bits per heavy atom. The van der Waals surface area contributed by atoms with Crippen molar-refractivity contribution >= 4 is 21.6 Å². The van der Waals surface area contributed by atoms with Crippen molar-refractivity contribution in [3.05, 3.63) is 89.5 Å². The zero-order valence-corrected chi connectivity index (χ0v) is 19.5. The number of rotatable bonds is 8. The molecule has 0 bridgehead atoms. The van der Waals surface area contributed by atoms with Crippen molar-refractivity contribution in [1.82, 2.24) is 5.32 Å². The monoisotopic (exact) mass is 452 g/mol. The van der Waals surface area contributed by atoms with Gasteiger partial charge in [-0.3, -0.25) is 9.10 Å². The van der Waals surface area contributed by atoms with Crippen molar-refractivity contribution in [3.63, 3.8) is 0 Å². The number of hydrogen-bond donors (Lipinski definition) is 1. The van der Waals surface area contributed by atoms with Gasteiger partial charge < -0.3 is 10.1 Å². The number of benzene rings is 3. The first-order valence-electron chi connectivity index (χ1n) is 10.3. The predicted octanol–water partition coefficient (Wildman–Crippen LogP) is 4.38. The number of aryl methyl sites for hydroxylation is 1. The lowest BCUT2D eigenvalue weighted by Crippen LogP contribution is -2.42. The topological polar surface area (TPSA) is 75.7 Å². The van der Waals surface area contributed by atoms with Gasteiger partial charge >= 0.3 is 0 Å². The van der Waals surface area contributed by atoms with Crippen LogP contribution in [0.15, 0.2) is 77.7 Å². The van der Waals surface area contributed by atoms with Crippen LogP contribution in [0.5, 0.6) is 5.75 Å². The van der Waals surface area contributed by atoms with Crippen LogP contribution in [0.4, 0.5) is 5.69 Å². The standard InChI is InChI=1S/C25H28N2O4S/c1-18-11-10-15-23(19(18)2)27(32(29,30)21-12-6-5-7-13-21)17-25(28)26-20(3)22-14-8-9-16-24(22)31-4/h5-16,20H,17H2,1-4H3,(H,26,28). The Balaban J connectivity index is 1.94. The van der Waals surface area contributed by atoms with Gasteiger partial charge in [0.1, 0.15) is 12.3 Å². The summed E-state index contributed by atoms with van der Waals surface area (Å²) in [5, 5.41) is 2.90. The third-order valence-corrected chi connectivity index (χ3v) is 7.22. The first kappa shape index (κ1) is 23.3. The Morgan fingerprint density at radius 3 is 2.31 bits per heavy atom. The molecular formula is C25H28N2O4S. The Hall–Kier alpha value is -3.32. The van der Waals surface area contributed by atoms with E-state index in [1.807, 2.05) is 51.1 Å². The smallest absolute Gasteiger partial charge is 0.264 e. The Kier molecular flexibility index (Phi) is 7.20. The zero-order valence-electron chi connectivity index (χ0n) is 18.7. The molecule has 1 atom stereocenters. The zero-order chi connectivity index (χ0) is 23.3. The highest BCUT2D eigenvalue weighted by Gasteiger charge is 2.29. The minimum absolute atomic E-state index is 0.131. The van der Waals surface area contributed by atoms with Gasteiger partial charge in [0.15, 0.2) is 0 Å². The number of nitrogens with one attached hydrogen (secondary N) is 1. The molecule has 7 heteroatoms. The second-order valence-electron chi connectivity index (χ2n) is 7.57. The molecular weight excluding hydrogens is 424 g/mol. The third kappa shape index (κ3) is 4.94. The summed E-state index contributed by atoms with van der Waals surface area (Å²) in [7, 11) is -2.38. The largest absolute Gasteiger partial charge is 0.496 e. The highest BCUT2D eigenvalue weighted by Crippen LogP contribution is 2.29. The van der Waals surface area contributed by atoms with Gasteiger partial charge in [0, 0.05) is 5.56 Å². The molecule has 0 fully saturated rings. The summed E-state index contributed by atoms with van der Waals surface area (Å²) in [5.41, 5.74) is 3.04. The minimum Gasteiger partial charge on any atom is -0.496 e. The summed E-state index contributed by atoms with van der Waals surface area (Å²) in [6.07, 6.45) is 0. The van der Waals surface area contributed by atoms with E-state index >= 15 is 0 Å². The van der Waals surface area contributed by atoms with Crippen LogP contribution in [0.3, 0.4) is 0 Å². The molecule has 0 spiro atoms. The van der Waals surface area contributed by atoms with Crippen LogP contribution >= 0.6 is 0 Å². The van der Waals surface area contributed by atoms with E-state index in [-0.39, 0.29) is 17.5 Å². The quantitative estimate of drug-likeness (QED) is 0.550. The van der Waals surface area contributed by atoms with Crippen LogP contribution in [0.1, 0.15) is 29.7 Å². The number of carbonyl (C=O) groups is 1. The summed E-state index contributed by atoms with van der Waals surface area (Å²) in [6, 6.07) is 20.6. The molecule has 0 radical (unpaired) electrons. The van der Waals surface area contributed by atoms with Gasteiger partial charge in [-0.25, -0.2) is 8.42 Å². The van der Waals surface area contributed by atoms with Gasteiger partial charge in [0.05, 0.1) is 23.7 Å². The van der Waals surface area contributed by atoms with Crippen molar-refractivity contribution in [1.29, 1.82) is 0 Å². The van der Waals surface area contributed by atoms with Crippen LogP contribution in [0, 0.1) is 13.8 Å². The second kappa shape index (κ2) is 9.87. The molecule has 32 heavy (non-hydrogen) atoms. The molecule has 1 unspecified atom stereocenters. The fourth-order valence-corrected chi connectivity index (χ4v) is 5.04. The molecule has 0 heterocycles. The van der Waals surface area contributed by atoms with Gasteiger partial charge in [-0.05, 0) is 56.2 Å². The van der Waals surface area contributed by atoms with E-state index in [1.165, 1.54) is 16.4 Å². The minimum atomic E-state index is -3.95. The van der Waals surface area contributed by atoms with Crippen molar-refractivity contribution in [2.24, 2.45) is 0 Å². The van der Waals surface area contributed by atoms with Crippen molar-refractivity contribution < 1.29 is 17.9 Å². The number of carbonyl (C=O) groups excluding carboxylic acids is 1. The average molecular weight is 453 g/mol. The van der Waals surface area contributed by atoms with E-state index in [9.17, 15) is 13.2 Å². The van der Waals surface area contributed by atoms with E-state index < -0.39 is 15.9 Å². The van der Waals surface area contributed by atoms with Crippen LogP contribution in [-0.2, 0) is 14.8 Å². The summed E-state index contributed by atoms with van der Waals surface area (Å²) >= 11 is 0. The molecule has 6 nitrogen and oxygen atoms in total. The van der Waals surface area contributed by atoms with Gasteiger partial charge in [-0.15, -0.1) is 0 Å². The fourth-order valence-electron chi connectivity index (χ4n) is 3.54. The van der Waals surface area contributed by atoms with Gasteiger partial charge in [0.25, 0.3) is 10.0 Å². The maximum absolute atomic E-state index is 13.5. The molecule has 0 aliphatic heterocycles. The van der Waals surface area contributed by atoms with Gasteiger partial charge in [-0.2, -0.15) is 0 Å². The van der Waals surface area contributed by atoms with E-state index in [0.29, 0.717) is 11.4 Å². The number of amides is 1. The highest BCUT2D eigenvalue weighted by atomic mass is 32.2. The van der Waals surface area contributed by atoms with Gasteiger partial charge in [-0.1, -0.05) is 48.5 Å². The van der Waals surface area contributed by atoms with Crippen molar-refractivity contribution in [2.75, 3.05) is 18.0 Å². The average Bonchev–Trinajstić information content (AvgIpc) is 2.80. The molecule has 1 N–H and O–H groups in total. The fraction of sp³-hybridized carbons (Fsp3) is 0.240. The van der Waals surface area contributed by atoms with Gasteiger partial charge in [0.2, 0.25) is 5.91 Å². The molecule has 3 rings (SSSR count). The molecule has 0 aliphatic rings. The van der Waals surface area contributed by atoms with E-state index in [0.717, 1.165) is 16.7 Å². The lowest BCUT2D eigenvalue weighted by atomic mass is 10.1. The summed E-state index contributed by atoms with van der Waals surface area (Å²) in [6.45, 7) is 5.26.